The van der Waals surface area contributed by atoms with Crippen LogP contribution in [0.1, 0.15) is 17.5 Å². The number of alkyl halides is 1. The Balaban J connectivity index is 2.44. The minimum Gasteiger partial charge on any atom is -0.355 e. The summed E-state index contributed by atoms with van der Waals surface area (Å²) in [5, 5.41) is 5.36. The molecule has 2 N–H and O–H groups in total. The van der Waals surface area contributed by atoms with Gasteiger partial charge in [0.25, 0.3) is 0 Å². The monoisotopic (exact) mass is 268 g/mol. The van der Waals surface area contributed by atoms with Crippen molar-refractivity contribution in [1.29, 1.82) is 0 Å². The molecule has 0 atom stereocenters. The van der Waals surface area contributed by atoms with E-state index >= 15 is 0 Å². The second-order valence-electron chi connectivity index (χ2n) is 4.10. The van der Waals surface area contributed by atoms with Crippen LogP contribution in [0.3, 0.4) is 0 Å². The average Bonchev–Trinajstić information content (AvgIpc) is 2.33. The molecule has 0 unspecified atom stereocenters. The van der Waals surface area contributed by atoms with E-state index in [1.54, 1.807) is 0 Å². The number of nitrogens with one attached hydrogen (secondary N) is 2. The third kappa shape index (κ3) is 4.75. The van der Waals surface area contributed by atoms with Crippen LogP contribution in [0.4, 0.5) is 5.69 Å². The van der Waals surface area contributed by atoms with Crippen molar-refractivity contribution in [3.8, 4) is 0 Å². The van der Waals surface area contributed by atoms with Crippen molar-refractivity contribution >= 4 is 29.1 Å². The van der Waals surface area contributed by atoms with Crippen LogP contribution in [-0.2, 0) is 9.59 Å². The molecule has 0 aliphatic heterocycles. The van der Waals surface area contributed by atoms with E-state index < -0.39 is 0 Å². The van der Waals surface area contributed by atoms with E-state index in [9.17, 15) is 9.59 Å². The quantitative estimate of drug-likeness (QED) is 0.803. The van der Waals surface area contributed by atoms with Crippen molar-refractivity contribution in [3.63, 3.8) is 0 Å². The number of amides is 2. The van der Waals surface area contributed by atoms with E-state index in [0.29, 0.717) is 6.54 Å². The molecule has 2 amide bonds. The molecule has 1 rings (SSSR count). The largest absolute Gasteiger partial charge is 0.355 e. The highest BCUT2D eigenvalue weighted by Gasteiger charge is 2.05. The molecular weight excluding hydrogens is 252 g/mol. The van der Waals surface area contributed by atoms with Gasteiger partial charge in [0.15, 0.2) is 0 Å². The van der Waals surface area contributed by atoms with E-state index in [4.69, 9.17) is 11.6 Å². The first-order valence-electron chi connectivity index (χ1n) is 5.72. The maximum absolute atomic E-state index is 11.7. The second kappa shape index (κ2) is 7.01. The molecule has 0 bridgehead atoms. The lowest BCUT2D eigenvalue weighted by Gasteiger charge is -2.09. The van der Waals surface area contributed by atoms with Crippen LogP contribution >= 0.6 is 11.6 Å². The van der Waals surface area contributed by atoms with E-state index in [1.165, 1.54) is 0 Å². The topological polar surface area (TPSA) is 58.2 Å². The molecule has 0 aromatic heterocycles. The standard InChI is InChI=1S/C13H17ClN2O2/c1-9-3-4-10(2)11(7-9)16-12(17)5-6-15-13(18)8-14/h3-4,7H,5-6,8H2,1-2H3,(H,15,18)(H,16,17). The lowest BCUT2D eigenvalue weighted by molar-refractivity contribution is -0.119. The average molecular weight is 269 g/mol. The summed E-state index contributed by atoms with van der Waals surface area (Å²) in [7, 11) is 0. The summed E-state index contributed by atoms with van der Waals surface area (Å²) in [4.78, 5) is 22.5. The van der Waals surface area contributed by atoms with Gasteiger partial charge in [-0.3, -0.25) is 9.59 Å². The maximum Gasteiger partial charge on any atom is 0.234 e. The number of halogens is 1. The zero-order valence-corrected chi connectivity index (χ0v) is 11.3. The number of hydrogen-bond donors (Lipinski definition) is 2. The third-order valence-electron chi connectivity index (χ3n) is 2.46. The van der Waals surface area contributed by atoms with Crippen LogP contribution < -0.4 is 10.6 Å². The van der Waals surface area contributed by atoms with Crippen molar-refractivity contribution in [2.75, 3.05) is 17.7 Å². The number of aryl methyl sites for hydroxylation is 2. The molecule has 0 saturated carbocycles. The molecule has 0 fully saturated rings. The fourth-order valence-electron chi connectivity index (χ4n) is 1.45. The van der Waals surface area contributed by atoms with E-state index in [1.807, 2.05) is 32.0 Å². The number of carbonyl (C=O) groups is 2. The maximum atomic E-state index is 11.7. The Kier molecular flexibility index (Phi) is 5.65. The molecule has 0 heterocycles. The Labute approximate surface area is 112 Å². The Morgan fingerprint density at radius 2 is 1.94 bits per heavy atom. The highest BCUT2D eigenvalue weighted by atomic mass is 35.5. The van der Waals surface area contributed by atoms with Crippen molar-refractivity contribution in [2.24, 2.45) is 0 Å². The van der Waals surface area contributed by atoms with Gasteiger partial charge in [0.1, 0.15) is 5.88 Å². The number of rotatable bonds is 5. The van der Waals surface area contributed by atoms with Gasteiger partial charge in [-0.05, 0) is 31.0 Å². The van der Waals surface area contributed by atoms with Gasteiger partial charge in [0.05, 0.1) is 0 Å². The SMILES string of the molecule is Cc1ccc(C)c(NC(=O)CCNC(=O)CCl)c1. The molecule has 5 heteroatoms. The van der Waals surface area contributed by atoms with Crippen LogP contribution in [0.5, 0.6) is 0 Å². The summed E-state index contributed by atoms with van der Waals surface area (Å²) in [5.41, 5.74) is 2.91. The molecule has 1 aromatic rings. The number of carbonyl (C=O) groups excluding carboxylic acids is 2. The molecular formula is C13H17ClN2O2. The summed E-state index contributed by atoms with van der Waals surface area (Å²) in [5.74, 6) is -0.478. The van der Waals surface area contributed by atoms with E-state index in [-0.39, 0.29) is 24.1 Å². The van der Waals surface area contributed by atoms with E-state index in [0.717, 1.165) is 16.8 Å². The van der Waals surface area contributed by atoms with Crippen LogP contribution in [0.25, 0.3) is 0 Å². The number of hydrogen-bond acceptors (Lipinski definition) is 2. The van der Waals surface area contributed by atoms with Crippen molar-refractivity contribution in [2.45, 2.75) is 20.3 Å². The first-order chi connectivity index (χ1) is 8.52. The highest BCUT2D eigenvalue weighted by molar-refractivity contribution is 6.27. The lowest BCUT2D eigenvalue weighted by Crippen LogP contribution is -2.28. The first-order valence-corrected chi connectivity index (χ1v) is 6.26. The van der Waals surface area contributed by atoms with Gasteiger partial charge in [0.2, 0.25) is 11.8 Å². The lowest BCUT2D eigenvalue weighted by atomic mass is 10.1. The zero-order valence-electron chi connectivity index (χ0n) is 10.5. The van der Waals surface area contributed by atoms with Gasteiger partial charge in [-0.1, -0.05) is 12.1 Å². The van der Waals surface area contributed by atoms with Crippen molar-refractivity contribution in [3.05, 3.63) is 29.3 Å². The molecule has 0 radical (unpaired) electrons. The van der Waals surface area contributed by atoms with Gasteiger partial charge < -0.3 is 10.6 Å². The fraction of sp³-hybridized carbons (Fsp3) is 0.385. The molecule has 98 valence electrons. The number of anilines is 1. The molecule has 18 heavy (non-hydrogen) atoms. The Bertz CT molecular complexity index is 447. The van der Waals surface area contributed by atoms with Crippen LogP contribution in [0.2, 0.25) is 0 Å². The second-order valence-corrected chi connectivity index (χ2v) is 4.37. The van der Waals surface area contributed by atoms with Crippen LogP contribution in [-0.4, -0.2) is 24.2 Å². The molecule has 0 saturated heterocycles. The summed E-state index contributed by atoms with van der Waals surface area (Å²) in [6.07, 6.45) is 0.232. The molecule has 0 aliphatic carbocycles. The summed E-state index contributed by atoms with van der Waals surface area (Å²) >= 11 is 5.32. The van der Waals surface area contributed by atoms with Crippen LogP contribution in [0, 0.1) is 13.8 Å². The summed E-state index contributed by atoms with van der Waals surface area (Å²) < 4.78 is 0. The molecule has 0 spiro atoms. The predicted molar refractivity (Wildman–Crippen MR) is 72.9 cm³/mol. The van der Waals surface area contributed by atoms with Gasteiger partial charge in [-0.25, -0.2) is 0 Å². The minimum atomic E-state index is -0.267. The van der Waals surface area contributed by atoms with Crippen LogP contribution in [0.15, 0.2) is 18.2 Å². The Morgan fingerprint density at radius 1 is 1.22 bits per heavy atom. The van der Waals surface area contributed by atoms with Gasteiger partial charge in [0, 0.05) is 18.7 Å². The normalized spacial score (nSPS) is 9.94. The first kappa shape index (κ1) is 14.5. The van der Waals surface area contributed by atoms with Crippen molar-refractivity contribution in [1.82, 2.24) is 5.32 Å². The third-order valence-corrected chi connectivity index (χ3v) is 2.71. The highest BCUT2D eigenvalue weighted by Crippen LogP contribution is 2.16. The van der Waals surface area contributed by atoms with Crippen molar-refractivity contribution < 1.29 is 9.59 Å². The summed E-state index contributed by atoms with van der Waals surface area (Å²) in [6.45, 7) is 4.20. The summed E-state index contributed by atoms with van der Waals surface area (Å²) in [6, 6.07) is 5.87. The molecule has 0 aliphatic rings. The minimum absolute atomic E-state index is 0.0847. The Hall–Kier alpha value is -1.55. The Morgan fingerprint density at radius 3 is 2.61 bits per heavy atom. The van der Waals surface area contributed by atoms with Gasteiger partial charge >= 0.3 is 0 Å². The zero-order chi connectivity index (χ0) is 13.5. The smallest absolute Gasteiger partial charge is 0.234 e. The predicted octanol–water partition coefficient (Wildman–Crippen LogP) is 1.99. The van der Waals surface area contributed by atoms with E-state index in [2.05, 4.69) is 10.6 Å². The van der Waals surface area contributed by atoms with Gasteiger partial charge in [-0.15, -0.1) is 11.6 Å². The van der Waals surface area contributed by atoms with Gasteiger partial charge in [-0.2, -0.15) is 0 Å². The number of benzene rings is 1. The molecule has 4 nitrogen and oxygen atoms in total. The molecule has 1 aromatic carbocycles. The fourth-order valence-corrected chi connectivity index (χ4v) is 1.54.